The molecule has 3 rings (SSSR count). The summed E-state index contributed by atoms with van der Waals surface area (Å²) in [4.78, 5) is 4.38. The third-order valence-corrected chi connectivity index (χ3v) is 4.21. The van der Waals surface area contributed by atoms with Crippen molar-refractivity contribution in [1.29, 1.82) is 0 Å². The van der Waals surface area contributed by atoms with Crippen LogP contribution in [0.15, 0.2) is 48.5 Å². The largest absolute Gasteiger partial charge is 0.369 e. The summed E-state index contributed by atoms with van der Waals surface area (Å²) in [5.74, 6) is 0.990. The van der Waals surface area contributed by atoms with Gasteiger partial charge >= 0.3 is 0 Å². The van der Waals surface area contributed by atoms with Crippen LogP contribution in [-0.2, 0) is 6.54 Å². The maximum atomic E-state index is 6.29. The van der Waals surface area contributed by atoms with Gasteiger partial charge in [0.2, 0.25) is 5.95 Å². The molecule has 0 saturated carbocycles. The second kappa shape index (κ2) is 5.78. The number of hydrogen-bond acceptors (Lipinski definition) is 2. The summed E-state index contributed by atoms with van der Waals surface area (Å²) < 4.78 is 2.01. The Hall–Kier alpha value is -2.00. The first-order chi connectivity index (χ1) is 10.2. The van der Waals surface area contributed by atoms with Crippen molar-refractivity contribution in [2.24, 2.45) is 0 Å². The lowest BCUT2D eigenvalue weighted by molar-refractivity contribution is 0.590. The first-order valence-corrected chi connectivity index (χ1v) is 7.50. The average Bonchev–Trinajstić information content (AvgIpc) is 2.82. The number of benzene rings is 2. The Labute approximate surface area is 129 Å². The van der Waals surface area contributed by atoms with Gasteiger partial charge in [-0.25, -0.2) is 4.98 Å². The van der Waals surface area contributed by atoms with Crippen LogP contribution in [0.5, 0.6) is 0 Å². The summed E-state index contributed by atoms with van der Waals surface area (Å²) in [5, 5.41) is 0.698. The van der Waals surface area contributed by atoms with Crippen LogP contribution < -0.4 is 5.73 Å². The molecule has 0 amide bonds. The van der Waals surface area contributed by atoms with Gasteiger partial charge in [-0.15, -0.1) is 0 Å². The Morgan fingerprint density at radius 3 is 2.67 bits per heavy atom. The van der Waals surface area contributed by atoms with Crippen LogP contribution in [0.25, 0.3) is 11.0 Å². The van der Waals surface area contributed by atoms with Gasteiger partial charge in [-0.1, -0.05) is 54.9 Å². The van der Waals surface area contributed by atoms with Gasteiger partial charge in [-0.3, -0.25) is 0 Å². The summed E-state index contributed by atoms with van der Waals surface area (Å²) in [6.45, 7) is 3.04. The Balaban J connectivity index is 1.84. The minimum atomic E-state index is 0.463. The third kappa shape index (κ3) is 2.74. The quantitative estimate of drug-likeness (QED) is 0.772. The molecule has 3 nitrogen and oxygen atoms in total. The van der Waals surface area contributed by atoms with Gasteiger partial charge in [0, 0.05) is 6.54 Å². The number of fused-ring (bicyclic) bond motifs is 1. The molecule has 108 valence electrons. The molecular weight excluding hydrogens is 282 g/mol. The molecule has 2 N–H and O–H groups in total. The number of hydrogen-bond donors (Lipinski definition) is 1. The third-order valence-electron chi connectivity index (χ3n) is 3.90. The molecule has 0 radical (unpaired) electrons. The van der Waals surface area contributed by atoms with Gasteiger partial charge in [0.05, 0.1) is 16.1 Å². The van der Waals surface area contributed by atoms with Crippen molar-refractivity contribution in [3.8, 4) is 0 Å². The first kappa shape index (κ1) is 14.0. The molecule has 1 unspecified atom stereocenters. The number of nitrogens with two attached hydrogens (primary N) is 1. The van der Waals surface area contributed by atoms with Gasteiger partial charge in [0.1, 0.15) is 0 Å². The second-order valence-corrected chi connectivity index (χ2v) is 5.74. The zero-order chi connectivity index (χ0) is 14.8. The lowest BCUT2D eigenvalue weighted by Gasteiger charge is -2.13. The molecule has 1 heterocycles. The number of aromatic nitrogens is 2. The van der Waals surface area contributed by atoms with Crippen molar-refractivity contribution in [2.75, 3.05) is 5.73 Å². The highest BCUT2D eigenvalue weighted by Crippen LogP contribution is 2.27. The van der Waals surface area contributed by atoms with E-state index in [1.165, 1.54) is 5.56 Å². The highest BCUT2D eigenvalue weighted by Gasteiger charge is 2.12. The molecule has 0 spiro atoms. The monoisotopic (exact) mass is 299 g/mol. The van der Waals surface area contributed by atoms with E-state index in [1.807, 2.05) is 28.8 Å². The maximum absolute atomic E-state index is 6.29. The molecule has 3 aromatic rings. The van der Waals surface area contributed by atoms with Crippen molar-refractivity contribution in [3.05, 3.63) is 59.1 Å². The van der Waals surface area contributed by atoms with Crippen LogP contribution in [0.1, 0.15) is 24.8 Å². The van der Waals surface area contributed by atoms with Crippen LogP contribution in [0.3, 0.4) is 0 Å². The van der Waals surface area contributed by atoms with E-state index in [0.29, 0.717) is 16.9 Å². The maximum Gasteiger partial charge on any atom is 0.201 e. The van der Waals surface area contributed by atoms with E-state index in [1.54, 1.807) is 0 Å². The molecule has 0 aliphatic rings. The summed E-state index contributed by atoms with van der Waals surface area (Å²) in [5.41, 5.74) is 9.16. The standard InChI is InChI=1S/C17H18ClN3/c1-12(13-6-3-2-4-7-13)10-11-21-16-14(18)8-5-9-15(16)20-17(21)19/h2-9,12H,10-11H2,1H3,(H2,19,20). The molecule has 0 aliphatic carbocycles. The number of halogens is 1. The minimum Gasteiger partial charge on any atom is -0.369 e. The SMILES string of the molecule is CC(CCn1c(N)nc2cccc(Cl)c21)c1ccccc1. The molecule has 2 aromatic carbocycles. The number of anilines is 1. The molecule has 0 aliphatic heterocycles. The van der Waals surface area contributed by atoms with E-state index in [9.17, 15) is 0 Å². The Bertz CT molecular complexity index is 749. The van der Waals surface area contributed by atoms with E-state index in [4.69, 9.17) is 17.3 Å². The molecule has 0 fully saturated rings. The molecule has 1 aromatic heterocycles. The molecule has 21 heavy (non-hydrogen) atoms. The molecule has 0 saturated heterocycles. The van der Waals surface area contributed by atoms with Crippen molar-refractivity contribution < 1.29 is 0 Å². The molecule has 0 bridgehead atoms. The van der Waals surface area contributed by atoms with Crippen molar-refractivity contribution in [3.63, 3.8) is 0 Å². The number of aryl methyl sites for hydroxylation is 1. The van der Waals surface area contributed by atoms with E-state index in [-0.39, 0.29) is 0 Å². The predicted octanol–water partition coefficient (Wildman–Crippen LogP) is 4.47. The average molecular weight is 300 g/mol. The van der Waals surface area contributed by atoms with Crippen molar-refractivity contribution in [2.45, 2.75) is 25.8 Å². The van der Waals surface area contributed by atoms with Crippen LogP contribution in [0, 0.1) is 0 Å². The Kier molecular flexibility index (Phi) is 3.84. The van der Waals surface area contributed by atoms with Crippen LogP contribution in [-0.4, -0.2) is 9.55 Å². The lowest BCUT2D eigenvalue weighted by Crippen LogP contribution is -2.06. The van der Waals surface area contributed by atoms with E-state index in [0.717, 1.165) is 24.0 Å². The van der Waals surface area contributed by atoms with Gasteiger partial charge in [0.25, 0.3) is 0 Å². The number of nitrogen functional groups attached to an aromatic ring is 1. The summed E-state index contributed by atoms with van der Waals surface area (Å²) in [6.07, 6.45) is 0.991. The first-order valence-electron chi connectivity index (χ1n) is 7.12. The Morgan fingerprint density at radius 2 is 1.90 bits per heavy atom. The normalized spacial score (nSPS) is 12.7. The predicted molar refractivity (Wildman–Crippen MR) is 88.6 cm³/mol. The van der Waals surface area contributed by atoms with Crippen LogP contribution in [0.4, 0.5) is 5.95 Å². The number of rotatable bonds is 4. The summed E-state index contributed by atoms with van der Waals surface area (Å²) in [6, 6.07) is 16.2. The number of imidazole rings is 1. The van der Waals surface area contributed by atoms with Crippen molar-refractivity contribution >= 4 is 28.6 Å². The molecule has 4 heteroatoms. The Morgan fingerprint density at radius 1 is 1.14 bits per heavy atom. The number of para-hydroxylation sites is 1. The van der Waals surface area contributed by atoms with E-state index < -0.39 is 0 Å². The van der Waals surface area contributed by atoms with Crippen LogP contribution >= 0.6 is 11.6 Å². The van der Waals surface area contributed by atoms with Gasteiger partial charge in [-0.05, 0) is 30.0 Å². The number of nitrogens with zero attached hydrogens (tertiary/aromatic N) is 2. The highest BCUT2D eigenvalue weighted by atomic mass is 35.5. The molecule has 1 atom stereocenters. The van der Waals surface area contributed by atoms with Gasteiger partial charge in [0.15, 0.2) is 0 Å². The fourth-order valence-electron chi connectivity index (χ4n) is 2.66. The molecular formula is C17H18ClN3. The lowest BCUT2D eigenvalue weighted by atomic mass is 9.98. The summed E-state index contributed by atoms with van der Waals surface area (Å²) >= 11 is 6.29. The van der Waals surface area contributed by atoms with E-state index >= 15 is 0 Å². The van der Waals surface area contributed by atoms with Crippen LogP contribution in [0.2, 0.25) is 5.02 Å². The zero-order valence-electron chi connectivity index (χ0n) is 12.0. The highest BCUT2D eigenvalue weighted by molar-refractivity contribution is 6.35. The second-order valence-electron chi connectivity index (χ2n) is 5.33. The van der Waals surface area contributed by atoms with Gasteiger partial charge in [-0.2, -0.15) is 0 Å². The smallest absolute Gasteiger partial charge is 0.201 e. The minimum absolute atomic E-state index is 0.463. The van der Waals surface area contributed by atoms with Gasteiger partial charge < -0.3 is 10.3 Å². The zero-order valence-corrected chi connectivity index (χ0v) is 12.7. The summed E-state index contributed by atoms with van der Waals surface area (Å²) in [7, 11) is 0. The van der Waals surface area contributed by atoms with Crippen molar-refractivity contribution in [1.82, 2.24) is 9.55 Å². The fraction of sp³-hybridized carbons (Fsp3) is 0.235. The topological polar surface area (TPSA) is 43.8 Å². The van der Waals surface area contributed by atoms with E-state index in [2.05, 4.69) is 36.2 Å². The fourth-order valence-corrected chi connectivity index (χ4v) is 2.93.